The average Bonchev–Trinajstić information content (AvgIpc) is 2.45. The Bertz CT molecular complexity index is 360. The Hall–Kier alpha value is -1.01. The number of aromatic nitrogens is 2. The molecule has 100 valence electrons. The summed E-state index contributed by atoms with van der Waals surface area (Å²) >= 11 is 1.55. The molecule has 1 atom stereocenters. The molecule has 2 heterocycles. The first-order valence-corrected chi connectivity index (χ1v) is 7.46. The molecule has 1 unspecified atom stereocenters. The molecule has 0 radical (unpaired) electrons. The van der Waals surface area contributed by atoms with Gasteiger partial charge in [-0.2, -0.15) is 0 Å². The van der Waals surface area contributed by atoms with Crippen molar-refractivity contribution in [2.45, 2.75) is 18.0 Å². The van der Waals surface area contributed by atoms with Crippen LogP contribution in [0, 0.1) is 5.92 Å². The Labute approximate surface area is 112 Å². The minimum absolute atomic E-state index is 0.587. The zero-order chi connectivity index (χ0) is 12.8. The summed E-state index contributed by atoms with van der Waals surface area (Å²) in [5.41, 5.74) is 0. The van der Waals surface area contributed by atoms with Gasteiger partial charge in [-0.05, 0) is 25.0 Å². The normalized spacial score (nSPS) is 19.6. The molecule has 6 heteroatoms. The van der Waals surface area contributed by atoms with Gasteiger partial charge in [0.15, 0.2) is 5.16 Å². The van der Waals surface area contributed by atoms with E-state index in [0.717, 1.165) is 43.0 Å². The molecule has 1 aliphatic rings. The molecule has 1 saturated heterocycles. The Morgan fingerprint density at radius 2 is 2.28 bits per heavy atom. The summed E-state index contributed by atoms with van der Waals surface area (Å²) < 4.78 is 5.47. The number of hydrogen-bond acceptors (Lipinski definition) is 6. The van der Waals surface area contributed by atoms with Crippen molar-refractivity contribution in [3.8, 4) is 0 Å². The molecule has 1 aromatic rings. The van der Waals surface area contributed by atoms with Gasteiger partial charge >= 0.3 is 0 Å². The molecule has 2 N–H and O–H groups in total. The molecular formula is C12H20N4OS. The molecule has 0 saturated carbocycles. The maximum absolute atomic E-state index is 5.47. The van der Waals surface area contributed by atoms with Gasteiger partial charge in [0.2, 0.25) is 0 Å². The number of hydrogen-bond donors (Lipinski definition) is 2. The van der Waals surface area contributed by atoms with E-state index in [0.29, 0.717) is 5.92 Å². The lowest BCUT2D eigenvalue weighted by Gasteiger charge is -2.22. The Morgan fingerprint density at radius 1 is 1.44 bits per heavy atom. The third kappa shape index (κ3) is 3.74. The maximum Gasteiger partial charge on any atom is 0.191 e. The number of nitrogens with zero attached hydrogens (tertiary/aromatic N) is 2. The third-order valence-electron chi connectivity index (χ3n) is 2.97. The molecule has 1 aliphatic heterocycles. The Kier molecular flexibility index (Phi) is 5.07. The lowest BCUT2D eigenvalue weighted by Crippen LogP contribution is -2.24. The first-order chi connectivity index (χ1) is 8.81. The van der Waals surface area contributed by atoms with Crippen molar-refractivity contribution in [3.63, 3.8) is 0 Å². The van der Waals surface area contributed by atoms with Crippen LogP contribution in [-0.2, 0) is 4.74 Å². The van der Waals surface area contributed by atoms with Crippen LogP contribution >= 0.6 is 11.8 Å². The minimum atomic E-state index is 0.587. The first-order valence-electron chi connectivity index (χ1n) is 6.24. The molecule has 5 nitrogen and oxygen atoms in total. The Morgan fingerprint density at radius 3 is 2.94 bits per heavy atom. The second kappa shape index (κ2) is 6.80. The van der Waals surface area contributed by atoms with E-state index in [2.05, 4.69) is 20.6 Å². The molecular weight excluding hydrogens is 248 g/mol. The second-order valence-electron chi connectivity index (χ2n) is 4.34. The summed E-state index contributed by atoms with van der Waals surface area (Å²) in [4.78, 5) is 8.79. The predicted molar refractivity (Wildman–Crippen MR) is 75.4 cm³/mol. The van der Waals surface area contributed by atoms with Gasteiger partial charge in [-0.1, -0.05) is 11.8 Å². The standard InChI is InChI=1S/C12H20N4OS/c1-13-10-6-11(16-12(15-10)18-2)14-7-9-4-3-5-17-8-9/h6,9H,3-5,7-8H2,1-2H3,(H2,13,14,15,16). The lowest BCUT2D eigenvalue weighted by atomic mass is 10.0. The van der Waals surface area contributed by atoms with Crippen molar-refractivity contribution in [3.05, 3.63) is 6.07 Å². The summed E-state index contributed by atoms with van der Waals surface area (Å²) in [5, 5.41) is 7.21. The number of anilines is 2. The molecule has 0 aliphatic carbocycles. The molecule has 1 aromatic heterocycles. The van der Waals surface area contributed by atoms with Crippen LogP contribution in [0.1, 0.15) is 12.8 Å². The summed E-state index contributed by atoms with van der Waals surface area (Å²) in [7, 11) is 1.87. The minimum Gasteiger partial charge on any atom is -0.381 e. The highest BCUT2D eigenvalue weighted by Crippen LogP contribution is 2.18. The fourth-order valence-corrected chi connectivity index (χ4v) is 2.33. The van der Waals surface area contributed by atoms with Crippen LogP contribution in [0.2, 0.25) is 0 Å². The number of ether oxygens (including phenoxy) is 1. The molecule has 0 aromatic carbocycles. The Balaban J connectivity index is 1.94. The van der Waals surface area contributed by atoms with Crippen molar-refractivity contribution in [1.82, 2.24) is 9.97 Å². The molecule has 1 fully saturated rings. The number of rotatable bonds is 5. The van der Waals surface area contributed by atoms with Crippen molar-refractivity contribution in [2.24, 2.45) is 5.92 Å². The molecule has 2 rings (SSSR count). The van der Waals surface area contributed by atoms with Crippen molar-refractivity contribution in [2.75, 3.05) is 43.7 Å². The summed E-state index contributed by atoms with van der Waals surface area (Å²) in [6.07, 6.45) is 4.37. The van der Waals surface area contributed by atoms with E-state index in [-0.39, 0.29) is 0 Å². The van der Waals surface area contributed by atoms with E-state index in [1.807, 2.05) is 19.4 Å². The van der Waals surface area contributed by atoms with E-state index < -0.39 is 0 Å². The maximum atomic E-state index is 5.47. The van der Waals surface area contributed by atoms with Gasteiger partial charge in [-0.25, -0.2) is 9.97 Å². The van der Waals surface area contributed by atoms with E-state index >= 15 is 0 Å². The van der Waals surface area contributed by atoms with Crippen LogP contribution < -0.4 is 10.6 Å². The molecule has 0 spiro atoms. The SMILES string of the molecule is CNc1cc(NCC2CCCOC2)nc(SC)n1. The smallest absolute Gasteiger partial charge is 0.191 e. The highest BCUT2D eigenvalue weighted by atomic mass is 32.2. The van der Waals surface area contributed by atoms with Gasteiger partial charge in [-0.3, -0.25) is 0 Å². The van der Waals surface area contributed by atoms with E-state index in [1.54, 1.807) is 11.8 Å². The van der Waals surface area contributed by atoms with E-state index in [9.17, 15) is 0 Å². The van der Waals surface area contributed by atoms with E-state index in [4.69, 9.17) is 4.74 Å². The summed E-state index contributed by atoms with van der Waals surface area (Å²) in [6.45, 7) is 2.67. The first kappa shape index (κ1) is 13.4. The quantitative estimate of drug-likeness (QED) is 0.630. The zero-order valence-corrected chi connectivity index (χ0v) is 11.7. The fraction of sp³-hybridized carbons (Fsp3) is 0.667. The number of nitrogens with one attached hydrogen (secondary N) is 2. The van der Waals surface area contributed by atoms with Crippen LogP contribution in [0.3, 0.4) is 0 Å². The van der Waals surface area contributed by atoms with Gasteiger partial charge in [-0.15, -0.1) is 0 Å². The average molecular weight is 268 g/mol. The fourth-order valence-electron chi connectivity index (χ4n) is 1.95. The highest BCUT2D eigenvalue weighted by molar-refractivity contribution is 7.98. The molecule has 18 heavy (non-hydrogen) atoms. The number of thioether (sulfide) groups is 1. The predicted octanol–water partition coefficient (Wildman–Crippen LogP) is 2.08. The van der Waals surface area contributed by atoms with E-state index in [1.165, 1.54) is 6.42 Å². The van der Waals surface area contributed by atoms with Crippen LogP contribution in [-0.4, -0.2) is 43.0 Å². The van der Waals surface area contributed by atoms with Crippen LogP contribution in [0.25, 0.3) is 0 Å². The molecule has 0 bridgehead atoms. The zero-order valence-electron chi connectivity index (χ0n) is 10.9. The largest absolute Gasteiger partial charge is 0.381 e. The molecule has 0 amide bonds. The van der Waals surface area contributed by atoms with Gasteiger partial charge in [0.25, 0.3) is 0 Å². The second-order valence-corrected chi connectivity index (χ2v) is 5.11. The summed E-state index contributed by atoms with van der Waals surface area (Å²) in [6, 6.07) is 1.93. The topological polar surface area (TPSA) is 59.1 Å². The monoisotopic (exact) mass is 268 g/mol. The highest BCUT2D eigenvalue weighted by Gasteiger charge is 2.14. The van der Waals surface area contributed by atoms with Gasteiger partial charge in [0, 0.05) is 26.3 Å². The van der Waals surface area contributed by atoms with Crippen molar-refractivity contribution < 1.29 is 4.74 Å². The van der Waals surface area contributed by atoms with Crippen LogP contribution in [0.5, 0.6) is 0 Å². The van der Waals surface area contributed by atoms with Gasteiger partial charge in [0.1, 0.15) is 11.6 Å². The third-order valence-corrected chi connectivity index (χ3v) is 3.52. The van der Waals surface area contributed by atoms with Gasteiger partial charge < -0.3 is 15.4 Å². The van der Waals surface area contributed by atoms with Crippen LogP contribution in [0.15, 0.2) is 11.2 Å². The summed E-state index contributed by atoms with van der Waals surface area (Å²) in [5.74, 6) is 2.31. The van der Waals surface area contributed by atoms with Crippen molar-refractivity contribution in [1.29, 1.82) is 0 Å². The van der Waals surface area contributed by atoms with Crippen molar-refractivity contribution >= 4 is 23.4 Å². The van der Waals surface area contributed by atoms with Gasteiger partial charge in [0.05, 0.1) is 6.61 Å². The van der Waals surface area contributed by atoms with Crippen LogP contribution in [0.4, 0.5) is 11.6 Å². The lowest BCUT2D eigenvalue weighted by molar-refractivity contribution is 0.0595.